The maximum Gasteiger partial charge on any atom is 0.158 e. The van der Waals surface area contributed by atoms with Gasteiger partial charge in [0.2, 0.25) is 0 Å². The zero-order valence-electron chi connectivity index (χ0n) is 22.3. The molecule has 34 heavy (non-hydrogen) atoms. The summed E-state index contributed by atoms with van der Waals surface area (Å²) >= 11 is 0. The molecule has 4 heteroatoms. The first-order valence-corrected chi connectivity index (χ1v) is 13.8. The van der Waals surface area contributed by atoms with Crippen LogP contribution in [0.2, 0.25) is 0 Å². The van der Waals surface area contributed by atoms with Gasteiger partial charge in [-0.3, -0.25) is 0 Å². The van der Waals surface area contributed by atoms with E-state index >= 15 is 0 Å². The summed E-state index contributed by atoms with van der Waals surface area (Å²) in [4.78, 5) is 0. The predicted molar refractivity (Wildman–Crippen MR) is 133 cm³/mol. The quantitative estimate of drug-likeness (QED) is 0.406. The third kappa shape index (κ3) is 2.86. The summed E-state index contributed by atoms with van der Waals surface area (Å²) < 4.78 is 12.0. The molecule has 2 aliphatic heterocycles. The van der Waals surface area contributed by atoms with Crippen LogP contribution in [0, 0.1) is 45.3 Å². The van der Waals surface area contributed by atoms with Gasteiger partial charge < -0.3 is 19.7 Å². The zero-order chi connectivity index (χ0) is 24.5. The van der Waals surface area contributed by atoms with Crippen molar-refractivity contribution in [1.82, 2.24) is 0 Å². The number of hydrogen-bond acceptors (Lipinski definition) is 4. The number of ether oxygens (including phenoxy) is 2. The zero-order valence-corrected chi connectivity index (χ0v) is 22.3. The maximum absolute atomic E-state index is 11.0. The van der Waals surface area contributed by atoms with Crippen molar-refractivity contribution >= 4 is 0 Å². The Balaban J connectivity index is 1.30. The summed E-state index contributed by atoms with van der Waals surface area (Å²) in [6, 6.07) is 0. The number of fused-ring (bicyclic) bond motifs is 5. The van der Waals surface area contributed by atoms with Crippen LogP contribution in [0.4, 0.5) is 0 Å². The minimum absolute atomic E-state index is 0.0244. The highest BCUT2D eigenvalue weighted by molar-refractivity contribution is 5.36. The van der Waals surface area contributed by atoms with E-state index in [-0.39, 0.29) is 51.5 Å². The van der Waals surface area contributed by atoms with E-state index in [0.29, 0.717) is 17.8 Å². The molecule has 4 nitrogen and oxygen atoms in total. The highest BCUT2D eigenvalue weighted by Crippen LogP contribution is 2.73. The van der Waals surface area contributed by atoms with Gasteiger partial charge in [-0.05, 0) is 91.8 Å². The van der Waals surface area contributed by atoms with Gasteiger partial charge in [0.25, 0.3) is 0 Å². The Morgan fingerprint density at radius 3 is 2.35 bits per heavy atom. The van der Waals surface area contributed by atoms with Gasteiger partial charge in [0.05, 0.1) is 17.8 Å². The number of epoxide rings is 1. The van der Waals surface area contributed by atoms with Crippen LogP contribution in [-0.4, -0.2) is 40.4 Å². The fraction of sp³-hybridized carbons (Fsp3) is 0.867. The van der Waals surface area contributed by atoms with Crippen LogP contribution < -0.4 is 0 Å². The summed E-state index contributed by atoms with van der Waals surface area (Å²) in [5.74, 6) is 1.69. The van der Waals surface area contributed by atoms with Crippen molar-refractivity contribution in [2.24, 2.45) is 45.3 Å². The lowest BCUT2D eigenvalue weighted by Gasteiger charge is -2.62. The first-order valence-electron chi connectivity index (χ1n) is 13.8. The lowest BCUT2D eigenvalue weighted by molar-refractivity contribution is -0.133. The van der Waals surface area contributed by atoms with E-state index in [9.17, 15) is 10.2 Å². The average Bonchev–Trinajstić information content (AvgIpc) is 3.08. The Labute approximate surface area is 206 Å². The molecule has 2 saturated carbocycles. The Morgan fingerprint density at radius 2 is 1.68 bits per heavy atom. The first kappa shape index (κ1) is 23.7. The van der Waals surface area contributed by atoms with Gasteiger partial charge in [-0.2, -0.15) is 0 Å². The van der Waals surface area contributed by atoms with E-state index < -0.39 is 6.29 Å². The third-order valence-electron chi connectivity index (χ3n) is 12.5. The van der Waals surface area contributed by atoms with Gasteiger partial charge in [0, 0.05) is 5.92 Å². The SMILES string of the molecule is CC1(C)O[C@@H]1[C@@H]1C[C@H]([C@@H]2CC[C@]3(C)C4=CC[C@H]5C(C)(C)[C@@H](O)C=C[C@]5(C)[C@H]4CC[C@@]23C)[C@@H](O)O1. The van der Waals surface area contributed by atoms with Crippen LogP contribution in [0.3, 0.4) is 0 Å². The molecule has 2 saturated heterocycles. The Morgan fingerprint density at radius 1 is 0.971 bits per heavy atom. The Hall–Kier alpha value is -0.680. The van der Waals surface area contributed by atoms with Gasteiger partial charge in [0.1, 0.15) is 6.10 Å². The van der Waals surface area contributed by atoms with Crippen molar-refractivity contribution in [2.45, 2.75) is 117 Å². The van der Waals surface area contributed by atoms with E-state index in [0.717, 1.165) is 12.8 Å². The van der Waals surface area contributed by atoms with Crippen molar-refractivity contribution in [3.8, 4) is 0 Å². The van der Waals surface area contributed by atoms with E-state index in [4.69, 9.17) is 9.47 Å². The largest absolute Gasteiger partial charge is 0.388 e. The summed E-state index contributed by atoms with van der Waals surface area (Å²) in [5, 5.41) is 21.8. The van der Waals surface area contributed by atoms with Crippen LogP contribution in [0.5, 0.6) is 0 Å². The molecule has 190 valence electrons. The van der Waals surface area contributed by atoms with Gasteiger partial charge in [0.15, 0.2) is 6.29 Å². The minimum atomic E-state index is -0.669. The molecule has 2 N–H and O–H groups in total. The molecule has 0 bridgehead atoms. The molecular formula is C30H46O4. The number of hydrogen-bond donors (Lipinski definition) is 2. The average molecular weight is 471 g/mol. The molecule has 4 fully saturated rings. The molecule has 0 unspecified atom stereocenters. The van der Waals surface area contributed by atoms with Crippen molar-refractivity contribution in [1.29, 1.82) is 0 Å². The van der Waals surface area contributed by atoms with Crippen LogP contribution >= 0.6 is 0 Å². The third-order valence-corrected chi connectivity index (χ3v) is 12.5. The van der Waals surface area contributed by atoms with E-state index in [1.807, 2.05) is 0 Å². The molecule has 0 amide bonds. The molecule has 11 atom stereocenters. The molecular weight excluding hydrogens is 424 g/mol. The van der Waals surface area contributed by atoms with Crippen LogP contribution in [0.1, 0.15) is 87.0 Å². The van der Waals surface area contributed by atoms with Crippen LogP contribution in [-0.2, 0) is 9.47 Å². The molecule has 2 heterocycles. The lowest BCUT2D eigenvalue weighted by Crippen LogP contribution is -2.56. The summed E-state index contributed by atoms with van der Waals surface area (Å²) in [6.07, 6.45) is 12.9. The molecule has 6 aliphatic rings. The normalized spacial score (nSPS) is 56.9. The molecule has 6 rings (SSSR count). The molecule has 0 spiro atoms. The first-order chi connectivity index (χ1) is 15.8. The number of aliphatic hydroxyl groups excluding tert-OH is 2. The van der Waals surface area contributed by atoms with E-state index in [1.54, 1.807) is 5.57 Å². The maximum atomic E-state index is 11.0. The summed E-state index contributed by atoms with van der Waals surface area (Å²) in [5.41, 5.74) is 1.90. The number of rotatable bonds is 2. The molecule has 0 aromatic heterocycles. The Kier molecular flexibility index (Phi) is 4.88. The van der Waals surface area contributed by atoms with E-state index in [1.165, 1.54) is 25.7 Å². The predicted octanol–water partition coefficient (Wildman–Crippen LogP) is 5.63. The molecule has 0 aromatic rings. The van der Waals surface area contributed by atoms with Gasteiger partial charge >= 0.3 is 0 Å². The van der Waals surface area contributed by atoms with Crippen molar-refractivity contribution in [3.63, 3.8) is 0 Å². The summed E-state index contributed by atoms with van der Waals surface area (Å²) in [6.45, 7) is 16.3. The monoisotopic (exact) mass is 470 g/mol. The van der Waals surface area contributed by atoms with Gasteiger partial charge in [-0.1, -0.05) is 58.4 Å². The number of allylic oxidation sites excluding steroid dienone is 3. The Bertz CT molecular complexity index is 934. The van der Waals surface area contributed by atoms with Crippen LogP contribution in [0.15, 0.2) is 23.8 Å². The second kappa shape index (κ2) is 7.00. The molecule has 0 radical (unpaired) electrons. The second-order valence-corrected chi connectivity index (χ2v) is 14.5. The van der Waals surface area contributed by atoms with Gasteiger partial charge in [-0.15, -0.1) is 0 Å². The fourth-order valence-electron chi connectivity index (χ4n) is 10.0. The van der Waals surface area contributed by atoms with Crippen molar-refractivity contribution < 1.29 is 19.7 Å². The topological polar surface area (TPSA) is 62.2 Å². The minimum Gasteiger partial charge on any atom is -0.388 e. The molecule has 0 aromatic carbocycles. The second-order valence-electron chi connectivity index (χ2n) is 14.5. The van der Waals surface area contributed by atoms with Gasteiger partial charge in [-0.25, -0.2) is 0 Å². The molecule has 4 aliphatic carbocycles. The lowest BCUT2D eigenvalue weighted by atomic mass is 9.42. The standard InChI is InChI=1S/C30H46O4/c1-26(2)22-9-8-20-19(28(22,5)13-12-23(26)31)11-15-29(6)18(10-14-30(20,29)7)17-16-21(33-25(17)32)24-27(3,4)34-24/h8,12-13,17-19,21-25,31-32H,9-11,14-16H2,1-7H3/t17-,18+,19+,21+,22+,23+,24-,25+,28-,29+,30-/m1/s1. The van der Waals surface area contributed by atoms with Crippen molar-refractivity contribution in [3.05, 3.63) is 23.8 Å². The van der Waals surface area contributed by atoms with Crippen LogP contribution in [0.25, 0.3) is 0 Å². The van der Waals surface area contributed by atoms with E-state index in [2.05, 4.69) is 66.7 Å². The van der Waals surface area contributed by atoms with Crippen molar-refractivity contribution in [2.75, 3.05) is 0 Å². The summed E-state index contributed by atoms with van der Waals surface area (Å²) in [7, 11) is 0. The number of aliphatic hydroxyl groups is 2. The highest BCUT2D eigenvalue weighted by Gasteiger charge is 2.67. The smallest absolute Gasteiger partial charge is 0.158 e. The highest BCUT2D eigenvalue weighted by atomic mass is 16.7. The fourth-order valence-corrected chi connectivity index (χ4v) is 10.0.